The van der Waals surface area contributed by atoms with E-state index in [1.807, 2.05) is 6.20 Å². The summed E-state index contributed by atoms with van der Waals surface area (Å²) in [5.41, 5.74) is 6.14. The number of likely N-dealkylation sites (tertiary alicyclic amines) is 1. The molecule has 0 unspecified atom stereocenters. The molecular weight excluding hydrogens is 362 g/mol. The fraction of sp³-hybridized carbons (Fsp3) is 0.583. The summed E-state index contributed by atoms with van der Waals surface area (Å²) in [6, 6.07) is 4.30. The minimum atomic E-state index is -0.235. The fourth-order valence-corrected chi connectivity index (χ4v) is 4.64. The van der Waals surface area contributed by atoms with E-state index in [9.17, 15) is 0 Å². The fourth-order valence-electron chi connectivity index (χ4n) is 4.64. The first kappa shape index (κ1) is 20.3. The van der Waals surface area contributed by atoms with Crippen LogP contribution in [0.15, 0.2) is 18.3 Å². The molecule has 156 valence electrons. The lowest BCUT2D eigenvalue weighted by molar-refractivity contribution is -0.102. The molecule has 29 heavy (non-hydrogen) atoms. The number of fused-ring (bicyclic) bond motifs is 2. The quantitative estimate of drug-likeness (QED) is 0.773. The third-order valence-electron chi connectivity index (χ3n) is 6.71. The van der Waals surface area contributed by atoms with E-state index in [-0.39, 0.29) is 5.60 Å². The molecule has 0 aliphatic carbocycles. The Morgan fingerprint density at radius 2 is 1.93 bits per heavy atom. The van der Waals surface area contributed by atoms with E-state index in [1.54, 1.807) is 7.11 Å². The number of hydrogen-bond donors (Lipinski definition) is 0. The number of rotatable bonds is 4. The van der Waals surface area contributed by atoms with E-state index in [0.717, 1.165) is 62.8 Å². The summed E-state index contributed by atoms with van der Waals surface area (Å²) in [6.45, 7) is 12.4. The molecule has 1 spiro atoms. The molecule has 1 fully saturated rings. The van der Waals surface area contributed by atoms with Gasteiger partial charge in [-0.1, -0.05) is 19.9 Å². The van der Waals surface area contributed by atoms with Gasteiger partial charge >= 0.3 is 0 Å². The Labute approximate surface area is 174 Å². The van der Waals surface area contributed by atoms with Crippen LogP contribution in [0.25, 0.3) is 0 Å². The van der Waals surface area contributed by atoms with Gasteiger partial charge in [0.1, 0.15) is 17.2 Å². The lowest BCUT2D eigenvalue weighted by Crippen LogP contribution is -2.47. The van der Waals surface area contributed by atoms with Crippen molar-refractivity contribution >= 4 is 0 Å². The van der Waals surface area contributed by atoms with Gasteiger partial charge < -0.3 is 9.47 Å². The molecular formula is C24H33N3O2. The van der Waals surface area contributed by atoms with Crippen molar-refractivity contribution in [3.63, 3.8) is 0 Å². The number of methoxy groups -OCH3 is 1. The standard InChI is InChI=1S/C24H33N3O2/c1-16(2)23-25-14-19-8-13-29-24(22(19)26-23)9-11-27(12-10-24)15-20-6-7-21(28-5)18(4)17(20)3/h6-7,14,16H,8-13,15H2,1-5H3. The maximum absolute atomic E-state index is 6.41. The number of hydrogen-bond acceptors (Lipinski definition) is 5. The van der Waals surface area contributed by atoms with Crippen LogP contribution >= 0.6 is 0 Å². The highest BCUT2D eigenvalue weighted by Crippen LogP contribution is 2.41. The van der Waals surface area contributed by atoms with Crippen LogP contribution in [0.1, 0.15) is 66.4 Å². The summed E-state index contributed by atoms with van der Waals surface area (Å²) in [7, 11) is 1.74. The molecule has 5 heteroatoms. The van der Waals surface area contributed by atoms with Crippen molar-refractivity contribution in [2.45, 2.75) is 65.0 Å². The minimum absolute atomic E-state index is 0.235. The van der Waals surface area contributed by atoms with Gasteiger partial charge in [0.05, 0.1) is 19.4 Å². The van der Waals surface area contributed by atoms with Crippen LogP contribution in [0.4, 0.5) is 0 Å². The van der Waals surface area contributed by atoms with Gasteiger partial charge in [0.2, 0.25) is 0 Å². The predicted octanol–water partition coefficient (Wildman–Crippen LogP) is 4.29. The van der Waals surface area contributed by atoms with Crippen LogP contribution in [-0.4, -0.2) is 41.7 Å². The van der Waals surface area contributed by atoms with Crippen molar-refractivity contribution in [2.24, 2.45) is 0 Å². The third-order valence-corrected chi connectivity index (χ3v) is 6.71. The van der Waals surface area contributed by atoms with E-state index in [4.69, 9.17) is 14.5 Å². The predicted molar refractivity (Wildman–Crippen MR) is 114 cm³/mol. The van der Waals surface area contributed by atoms with E-state index in [0.29, 0.717) is 5.92 Å². The molecule has 0 bridgehead atoms. The topological polar surface area (TPSA) is 47.5 Å². The molecule has 1 aromatic heterocycles. The lowest BCUT2D eigenvalue weighted by Gasteiger charge is -2.44. The van der Waals surface area contributed by atoms with Crippen LogP contribution in [0, 0.1) is 13.8 Å². The first-order valence-corrected chi connectivity index (χ1v) is 10.8. The van der Waals surface area contributed by atoms with E-state index >= 15 is 0 Å². The molecule has 0 radical (unpaired) electrons. The Morgan fingerprint density at radius 3 is 2.62 bits per heavy atom. The molecule has 0 saturated carbocycles. The average Bonchev–Trinajstić information content (AvgIpc) is 2.73. The molecule has 0 amide bonds. The number of benzene rings is 1. The van der Waals surface area contributed by atoms with Crippen LogP contribution in [0.3, 0.4) is 0 Å². The molecule has 2 aliphatic heterocycles. The van der Waals surface area contributed by atoms with E-state index in [2.05, 4.69) is 49.7 Å². The number of ether oxygens (including phenoxy) is 2. The second-order valence-corrected chi connectivity index (χ2v) is 8.80. The molecule has 3 heterocycles. The minimum Gasteiger partial charge on any atom is -0.496 e. The maximum Gasteiger partial charge on any atom is 0.131 e. The summed E-state index contributed by atoms with van der Waals surface area (Å²) in [5, 5.41) is 0. The Morgan fingerprint density at radius 1 is 1.17 bits per heavy atom. The summed E-state index contributed by atoms with van der Waals surface area (Å²) in [5.74, 6) is 2.23. The van der Waals surface area contributed by atoms with Gasteiger partial charge in [0.15, 0.2) is 0 Å². The highest BCUT2D eigenvalue weighted by atomic mass is 16.5. The molecule has 1 aromatic carbocycles. The molecule has 4 rings (SSSR count). The van der Waals surface area contributed by atoms with Crippen molar-refractivity contribution in [3.05, 3.63) is 52.1 Å². The van der Waals surface area contributed by atoms with Gasteiger partial charge in [-0.3, -0.25) is 4.90 Å². The second kappa shape index (κ2) is 8.04. The van der Waals surface area contributed by atoms with Crippen LogP contribution in [-0.2, 0) is 23.3 Å². The molecule has 5 nitrogen and oxygen atoms in total. The molecule has 2 aromatic rings. The van der Waals surface area contributed by atoms with E-state index < -0.39 is 0 Å². The highest BCUT2D eigenvalue weighted by Gasteiger charge is 2.42. The first-order chi connectivity index (χ1) is 13.9. The van der Waals surface area contributed by atoms with Crippen molar-refractivity contribution in [2.75, 3.05) is 26.8 Å². The van der Waals surface area contributed by atoms with Crippen LogP contribution < -0.4 is 4.74 Å². The van der Waals surface area contributed by atoms with Gasteiger partial charge in [0, 0.05) is 31.7 Å². The monoisotopic (exact) mass is 395 g/mol. The molecule has 2 aliphatic rings. The van der Waals surface area contributed by atoms with Gasteiger partial charge in [-0.2, -0.15) is 0 Å². The molecule has 0 N–H and O–H groups in total. The second-order valence-electron chi connectivity index (χ2n) is 8.80. The molecule has 1 saturated heterocycles. The van der Waals surface area contributed by atoms with Crippen LogP contribution in [0.2, 0.25) is 0 Å². The van der Waals surface area contributed by atoms with Crippen molar-refractivity contribution in [1.82, 2.24) is 14.9 Å². The van der Waals surface area contributed by atoms with Crippen molar-refractivity contribution in [1.29, 1.82) is 0 Å². The number of nitrogens with zero attached hydrogens (tertiary/aromatic N) is 3. The Balaban J connectivity index is 1.51. The zero-order valence-corrected chi connectivity index (χ0v) is 18.4. The maximum atomic E-state index is 6.41. The first-order valence-electron chi connectivity index (χ1n) is 10.8. The van der Waals surface area contributed by atoms with Gasteiger partial charge in [0.25, 0.3) is 0 Å². The molecule has 0 atom stereocenters. The van der Waals surface area contributed by atoms with Crippen molar-refractivity contribution in [3.8, 4) is 5.75 Å². The zero-order valence-electron chi connectivity index (χ0n) is 18.4. The normalized spacial score (nSPS) is 18.8. The van der Waals surface area contributed by atoms with Gasteiger partial charge in [-0.25, -0.2) is 9.97 Å². The van der Waals surface area contributed by atoms with Gasteiger partial charge in [-0.15, -0.1) is 0 Å². The summed E-state index contributed by atoms with van der Waals surface area (Å²) < 4.78 is 11.9. The summed E-state index contributed by atoms with van der Waals surface area (Å²) >= 11 is 0. The SMILES string of the molecule is COc1ccc(CN2CCC3(CC2)OCCc2cnc(C(C)C)nc23)c(C)c1C. The average molecular weight is 396 g/mol. The number of piperidine rings is 1. The Kier molecular flexibility index (Phi) is 5.63. The Bertz CT molecular complexity index is 886. The van der Waals surface area contributed by atoms with E-state index in [1.165, 1.54) is 22.3 Å². The summed E-state index contributed by atoms with van der Waals surface area (Å²) in [4.78, 5) is 12.1. The van der Waals surface area contributed by atoms with Crippen molar-refractivity contribution < 1.29 is 9.47 Å². The van der Waals surface area contributed by atoms with Gasteiger partial charge in [-0.05, 0) is 61.4 Å². The number of aromatic nitrogens is 2. The largest absolute Gasteiger partial charge is 0.496 e. The smallest absolute Gasteiger partial charge is 0.131 e. The third kappa shape index (κ3) is 3.78. The highest BCUT2D eigenvalue weighted by molar-refractivity contribution is 5.43. The zero-order chi connectivity index (χ0) is 20.6. The Hall–Kier alpha value is -1.98. The summed E-state index contributed by atoms with van der Waals surface area (Å²) in [6.07, 6.45) is 4.94. The van der Waals surface area contributed by atoms with Crippen LogP contribution in [0.5, 0.6) is 5.75 Å². The lowest BCUT2D eigenvalue weighted by atomic mass is 9.83.